The number of hydrogen-bond donors (Lipinski definition) is 1. The van der Waals surface area contributed by atoms with E-state index in [1.54, 1.807) is 32.9 Å². The minimum Gasteiger partial charge on any atom is -0.462 e. The number of carbonyl (C=O) groups excluding carboxylic acids is 3. The molecule has 7 heteroatoms. The van der Waals surface area contributed by atoms with Gasteiger partial charge in [0.1, 0.15) is 0 Å². The number of ether oxygens (including phenoxy) is 2. The van der Waals surface area contributed by atoms with E-state index in [9.17, 15) is 14.4 Å². The van der Waals surface area contributed by atoms with E-state index in [0.29, 0.717) is 39.0 Å². The highest BCUT2D eigenvalue weighted by molar-refractivity contribution is 6.07. The van der Waals surface area contributed by atoms with E-state index in [-0.39, 0.29) is 12.3 Å². The van der Waals surface area contributed by atoms with Gasteiger partial charge >= 0.3 is 11.9 Å². The summed E-state index contributed by atoms with van der Waals surface area (Å²) in [6.45, 7) is 6.83. The fourth-order valence-corrected chi connectivity index (χ4v) is 4.04. The van der Waals surface area contributed by atoms with Crippen molar-refractivity contribution >= 4 is 28.6 Å². The van der Waals surface area contributed by atoms with Gasteiger partial charge in [-0.1, -0.05) is 48.0 Å². The molecule has 0 radical (unpaired) electrons. The molecule has 0 spiro atoms. The molecule has 4 aromatic rings. The van der Waals surface area contributed by atoms with Crippen molar-refractivity contribution in [3.05, 3.63) is 88.2 Å². The van der Waals surface area contributed by atoms with Gasteiger partial charge < -0.3 is 14.5 Å². The summed E-state index contributed by atoms with van der Waals surface area (Å²) in [5.41, 5.74) is 5.14. The summed E-state index contributed by atoms with van der Waals surface area (Å²) in [6, 6.07) is 16.8. The molecule has 2 heterocycles. The molecule has 0 aliphatic rings. The molecular weight excluding hydrogens is 444 g/mol. The predicted octanol–water partition coefficient (Wildman–Crippen LogP) is 5.37. The van der Waals surface area contributed by atoms with E-state index < -0.39 is 24.3 Å². The van der Waals surface area contributed by atoms with Crippen LogP contribution in [0.1, 0.15) is 54.9 Å². The standard InChI is InChI=1S/C28H26N2O5/c1-5-34-28(33)25-17(3)26(29-18(25)4)24(31)15-35-27(32)21-14-23(19-12-10-16(2)11-13-19)30-22-9-7-6-8-20(21)22/h6-14,29H,5,15H2,1-4H3. The zero-order chi connectivity index (χ0) is 25.1. The third kappa shape index (κ3) is 4.84. The molecule has 0 unspecified atom stereocenters. The Morgan fingerprint density at radius 1 is 0.914 bits per heavy atom. The molecular formula is C28H26N2O5. The van der Waals surface area contributed by atoms with Gasteiger partial charge in [0.15, 0.2) is 6.61 Å². The van der Waals surface area contributed by atoms with Crippen LogP contribution in [0.4, 0.5) is 0 Å². The van der Waals surface area contributed by atoms with Gasteiger partial charge in [0.05, 0.1) is 34.6 Å². The average molecular weight is 471 g/mol. The van der Waals surface area contributed by atoms with Crippen molar-refractivity contribution in [2.24, 2.45) is 0 Å². The first-order chi connectivity index (χ1) is 16.8. The number of carbonyl (C=O) groups is 3. The highest BCUT2D eigenvalue weighted by Crippen LogP contribution is 2.26. The molecule has 178 valence electrons. The lowest BCUT2D eigenvalue weighted by atomic mass is 10.0. The number of hydrogen-bond acceptors (Lipinski definition) is 6. The van der Waals surface area contributed by atoms with E-state index in [0.717, 1.165) is 11.1 Å². The van der Waals surface area contributed by atoms with Crippen LogP contribution in [0.2, 0.25) is 0 Å². The number of aromatic amines is 1. The second-order valence-electron chi connectivity index (χ2n) is 8.28. The predicted molar refractivity (Wildman–Crippen MR) is 133 cm³/mol. The number of aromatic nitrogens is 2. The van der Waals surface area contributed by atoms with Crippen molar-refractivity contribution in [1.29, 1.82) is 0 Å². The molecule has 0 atom stereocenters. The quantitative estimate of drug-likeness (QED) is 0.288. The van der Waals surface area contributed by atoms with E-state index >= 15 is 0 Å². The molecule has 1 N–H and O–H groups in total. The number of Topliss-reactive ketones (excluding diaryl/α,β-unsaturated/α-hetero) is 1. The third-order valence-corrected chi connectivity index (χ3v) is 5.81. The monoisotopic (exact) mass is 470 g/mol. The summed E-state index contributed by atoms with van der Waals surface area (Å²) in [4.78, 5) is 45.8. The Morgan fingerprint density at radius 3 is 2.34 bits per heavy atom. The normalized spacial score (nSPS) is 10.9. The van der Waals surface area contributed by atoms with Gasteiger partial charge in [-0.15, -0.1) is 0 Å². The van der Waals surface area contributed by atoms with Gasteiger partial charge in [-0.2, -0.15) is 0 Å². The first-order valence-electron chi connectivity index (χ1n) is 11.3. The smallest absolute Gasteiger partial charge is 0.340 e. The van der Waals surface area contributed by atoms with Crippen LogP contribution in [0.5, 0.6) is 0 Å². The average Bonchev–Trinajstić information content (AvgIpc) is 3.16. The Kier molecular flexibility index (Phi) is 6.78. The summed E-state index contributed by atoms with van der Waals surface area (Å²) in [5.74, 6) is -1.56. The van der Waals surface area contributed by atoms with E-state index in [1.807, 2.05) is 49.4 Å². The molecule has 0 fully saturated rings. The second-order valence-corrected chi connectivity index (χ2v) is 8.28. The largest absolute Gasteiger partial charge is 0.462 e. The maximum Gasteiger partial charge on any atom is 0.340 e. The van der Waals surface area contributed by atoms with Gasteiger partial charge in [0.25, 0.3) is 0 Å². The van der Waals surface area contributed by atoms with Crippen LogP contribution in [0.15, 0.2) is 54.6 Å². The second kappa shape index (κ2) is 9.93. The molecule has 0 aliphatic heterocycles. The number of para-hydroxylation sites is 1. The van der Waals surface area contributed by atoms with Gasteiger partial charge in [0, 0.05) is 16.6 Å². The van der Waals surface area contributed by atoms with Crippen molar-refractivity contribution in [3.63, 3.8) is 0 Å². The van der Waals surface area contributed by atoms with Crippen LogP contribution in [0.3, 0.4) is 0 Å². The molecule has 0 bridgehead atoms. The highest BCUT2D eigenvalue weighted by Gasteiger charge is 2.24. The number of rotatable bonds is 7. The lowest BCUT2D eigenvalue weighted by Gasteiger charge is -2.10. The number of nitrogens with one attached hydrogen (secondary N) is 1. The molecule has 0 amide bonds. The maximum absolute atomic E-state index is 13.1. The number of aryl methyl sites for hydroxylation is 2. The van der Waals surface area contributed by atoms with Crippen molar-refractivity contribution < 1.29 is 23.9 Å². The molecule has 2 aromatic carbocycles. The number of pyridine rings is 1. The number of esters is 2. The summed E-state index contributed by atoms with van der Waals surface area (Å²) in [6.07, 6.45) is 0. The van der Waals surface area contributed by atoms with Gasteiger partial charge in [-0.05, 0) is 45.4 Å². The SMILES string of the molecule is CCOC(=O)c1c(C)[nH]c(C(=O)COC(=O)c2cc(-c3ccc(C)cc3)nc3ccccc23)c1C. The van der Waals surface area contributed by atoms with Crippen LogP contribution in [-0.2, 0) is 9.47 Å². The van der Waals surface area contributed by atoms with Crippen LogP contribution < -0.4 is 0 Å². The number of nitrogens with zero attached hydrogens (tertiary/aromatic N) is 1. The van der Waals surface area contributed by atoms with Crippen molar-refractivity contribution in [1.82, 2.24) is 9.97 Å². The first kappa shape index (κ1) is 23.9. The third-order valence-electron chi connectivity index (χ3n) is 5.81. The van der Waals surface area contributed by atoms with Gasteiger partial charge in [-0.25, -0.2) is 14.6 Å². The number of ketones is 1. The maximum atomic E-state index is 13.1. The van der Waals surface area contributed by atoms with E-state index in [1.165, 1.54) is 0 Å². The van der Waals surface area contributed by atoms with E-state index in [2.05, 4.69) is 4.98 Å². The number of fused-ring (bicyclic) bond motifs is 1. The van der Waals surface area contributed by atoms with E-state index in [4.69, 9.17) is 14.5 Å². The minimum atomic E-state index is -0.628. The zero-order valence-electron chi connectivity index (χ0n) is 20.1. The Bertz CT molecular complexity index is 1430. The Morgan fingerprint density at radius 2 is 1.63 bits per heavy atom. The van der Waals surface area contributed by atoms with Crippen LogP contribution in [-0.4, -0.2) is 40.9 Å². The molecule has 35 heavy (non-hydrogen) atoms. The molecule has 7 nitrogen and oxygen atoms in total. The van der Waals surface area contributed by atoms with Gasteiger partial charge in [-0.3, -0.25) is 4.79 Å². The Hall–Kier alpha value is -4.26. The molecule has 0 saturated carbocycles. The molecule has 4 rings (SSSR count). The first-order valence-corrected chi connectivity index (χ1v) is 11.3. The Balaban J connectivity index is 1.60. The summed E-state index contributed by atoms with van der Waals surface area (Å²) in [7, 11) is 0. The van der Waals surface area contributed by atoms with Crippen LogP contribution in [0, 0.1) is 20.8 Å². The fourth-order valence-electron chi connectivity index (χ4n) is 4.04. The van der Waals surface area contributed by atoms with Gasteiger partial charge in [0.2, 0.25) is 5.78 Å². The Labute approximate surface area is 203 Å². The lowest BCUT2D eigenvalue weighted by molar-refractivity contribution is 0.0474. The highest BCUT2D eigenvalue weighted by atomic mass is 16.5. The zero-order valence-corrected chi connectivity index (χ0v) is 20.1. The fraction of sp³-hybridized carbons (Fsp3) is 0.214. The molecule has 2 aromatic heterocycles. The number of H-pyrrole nitrogens is 1. The number of benzene rings is 2. The van der Waals surface area contributed by atoms with Crippen LogP contribution in [0.25, 0.3) is 22.2 Å². The summed E-state index contributed by atoms with van der Waals surface area (Å²) < 4.78 is 10.5. The van der Waals surface area contributed by atoms with Crippen molar-refractivity contribution in [3.8, 4) is 11.3 Å². The van der Waals surface area contributed by atoms with Crippen molar-refractivity contribution in [2.45, 2.75) is 27.7 Å². The molecule has 0 saturated heterocycles. The molecule has 0 aliphatic carbocycles. The minimum absolute atomic E-state index is 0.221. The van der Waals surface area contributed by atoms with Crippen molar-refractivity contribution in [2.75, 3.05) is 13.2 Å². The van der Waals surface area contributed by atoms with Crippen LogP contribution >= 0.6 is 0 Å². The topological polar surface area (TPSA) is 98.4 Å². The summed E-state index contributed by atoms with van der Waals surface area (Å²) in [5, 5.41) is 0.636. The summed E-state index contributed by atoms with van der Waals surface area (Å²) >= 11 is 0. The lowest BCUT2D eigenvalue weighted by Crippen LogP contribution is -2.16.